The Hall–Kier alpha value is -0.770. The summed E-state index contributed by atoms with van der Waals surface area (Å²) in [6, 6.07) is 5.21. The van der Waals surface area contributed by atoms with E-state index in [9.17, 15) is 5.11 Å². The van der Waals surface area contributed by atoms with Gasteiger partial charge in [0.05, 0.1) is 0 Å². The average molecular weight is 269 g/mol. The van der Waals surface area contributed by atoms with E-state index in [1.807, 2.05) is 6.07 Å². The van der Waals surface area contributed by atoms with Crippen LogP contribution in [0.2, 0.25) is 5.02 Å². The average Bonchev–Trinajstić information content (AvgIpc) is 2.36. The van der Waals surface area contributed by atoms with Gasteiger partial charge in [0, 0.05) is 23.7 Å². The first-order valence-electron chi connectivity index (χ1n) is 6.50. The van der Waals surface area contributed by atoms with Crippen LogP contribution in [-0.2, 0) is 6.54 Å². The van der Waals surface area contributed by atoms with Crippen molar-refractivity contribution in [2.24, 2.45) is 17.6 Å². The molecule has 1 aromatic carbocycles. The second-order valence-corrected chi connectivity index (χ2v) is 5.71. The van der Waals surface area contributed by atoms with Crippen molar-refractivity contribution in [3.05, 3.63) is 28.8 Å². The van der Waals surface area contributed by atoms with E-state index in [2.05, 4.69) is 11.8 Å². The minimum Gasteiger partial charge on any atom is -0.508 e. The molecule has 2 atom stereocenters. The SMILES string of the molecule is CC1CCN(Cc2cc(Cl)ccc2O)CC1CN. The van der Waals surface area contributed by atoms with E-state index in [1.54, 1.807) is 12.1 Å². The molecule has 1 aliphatic rings. The minimum absolute atomic E-state index is 0.322. The normalized spacial score (nSPS) is 25.3. The number of hydrogen-bond donors (Lipinski definition) is 2. The zero-order valence-electron chi connectivity index (χ0n) is 10.8. The van der Waals surface area contributed by atoms with E-state index in [0.717, 1.165) is 31.7 Å². The third-order valence-corrected chi connectivity index (χ3v) is 4.17. The molecule has 0 radical (unpaired) electrons. The lowest BCUT2D eigenvalue weighted by Crippen LogP contribution is -2.42. The van der Waals surface area contributed by atoms with Gasteiger partial charge in [0.15, 0.2) is 0 Å². The van der Waals surface area contributed by atoms with Gasteiger partial charge < -0.3 is 10.8 Å². The molecule has 2 unspecified atom stereocenters. The number of hydrogen-bond acceptors (Lipinski definition) is 3. The summed E-state index contributed by atoms with van der Waals surface area (Å²) in [6.45, 7) is 5.81. The molecule has 1 heterocycles. The molecule has 0 aromatic heterocycles. The number of likely N-dealkylation sites (tertiary alicyclic amines) is 1. The Morgan fingerprint density at radius 1 is 1.50 bits per heavy atom. The second kappa shape index (κ2) is 5.91. The number of nitrogens with two attached hydrogens (primary N) is 1. The first-order valence-corrected chi connectivity index (χ1v) is 6.87. The summed E-state index contributed by atoms with van der Waals surface area (Å²) in [5.41, 5.74) is 6.70. The maximum Gasteiger partial charge on any atom is 0.120 e. The molecule has 0 saturated carbocycles. The van der Waals surface area contributed by atoms with Gasteiger partial charge in [-0.05, 0) is 49.5 Å². The minimum atomic E-state index is 0.322. The fraction of sp³-hybridized carbons (Fsp3) is 0.571. The van der Waals surface area contributed by atoms with E-state index in [0.29, 0.717) is 22.6 Å². The molecule has 0 amide bonds. The zero-order chi connectivity index (χ0) is 13.1. The lowest BCUT2D eigenvalue weighted by Gasteiger charge is -2.36. The predicted molar refractivity (Wildman–Crippen MR) is 74.7 cm³/mol. The van der Waals surface area contributed by atoms with Gasteiger partial charge in [0.25, 0.3) is 0 Å². The fourth-order valence-electron chi connectivity index (χ4n) is 2.60. The fourth-order valence-corrected chi connectivity index (χ4v) is 2.79. The molecule has 4 heteroatoms. The summed E-state index contributed by atoms with van der Waals surface area (Å²) in [5, 5.41) is 10.5. The number of piperidine rings is 1. The maximum absolute atomic E-state index is 9.83. The second-order valence-electron chi connectivity index (χ2n) is 5.27. The van der Waals surface area contributed by atoms with Crippen LogP contribution in [0.1, 0.15) is 18.9 Å². The topological polar surface area (TPSA) is 49.5 Å². The van der Waals surface area contributed by atoms with Gasteiger partial charge in [-0.15, -0.1) is 0 Å². The number of phenols is 1. The van der Waals surface area contributed by atoms with Gasteiger partial charge in [-0.25, -0.2) is 0 Å². The van der Waals surface area contributed by atoms with E-state index in [-0.39, 0.29) is 0 Å². The summed E-state index contributed by atoms with van der Waals surface area (Å²) in [5.74, 6) is 1.57. The molecule has 1 aliphatic heterocycles. The van der Waals surface area contributed by atoms with E-state index >= 15 is 0 Å². The number of nitrogens with zero attached hydrogens (tertiary/aromatic N) is 1. The molecular weight excluding hydrogens is 248 g/mol. The van der Waals surface area contributed by atoms with E-state index < -0.39 is 0 Å². The zero-order valence-corrected chi connectivity index (χ0v) is 11.5. The number of aromatic hydroxyl groups is 1. The molecule has 100 valence electrons. The van der Waals surface area contributed by atoms with E-state index in [4.69, 9.17) is 17.3 Å². The summed E-state index contributed by atoms with van der Waals surface area (Å²) >= 11 is 5.96. The van der Waals surface area contributed by atoms with Crippen LogP contribution in [0.5, 0.6) is 5.75 Å². The first-order chi connectivity index (χ1) is 8.60. The third-order valence-electron chi connectivity index (χ3n) is 3.94. The van der Waals surface area contributed by atoms with Crippen molar-refractivity contribution >= 4 is 11.6 Å². The molecule has 3 nitrogen and oxygen atoms in total. The van der Waals surface area contributed by atoms with Gasteiger partial charge in [0.1, 0.15) is 5.75 Å². The molecule has 3 N–H and O–H groups in total. The van der Waals surface area contributed by atoms with Crippen LogP contribution in [0.25, 0.3) is 0 Å². The molecule has 1 saturated heterocycles. The Morgan fingerprint density at radius 2 is 2.28 bits per heavy atom. The summed E-state index contributed by atoms with van der Waals surface area (Å²) < 4.78 is 0. The van der Waals surface area contributed by atoms with E-state index in [1.165, 1.54) is 6.42 Å². The Morgan fingerprint density at radius 3 is 3.00 bits per heavy atom. The number of rotatable bonds is 3. The standard InChI is InChI=1S/C14H21ClN2O/c1-10-4-5-17(9-12(10)7-16)8-11-6-13(15)2-3-14(11)18/h2-3,6,10,12,18H,4-5,7-9,16H2,1H3. The van der Waals surface area contributed by atoms with Crippen molar-refractivity contribution in [2.45, 2.75) is 19.9 Å². The third kappa shape index (κ3) is 3.16. The van der Waals surface area contributed by atoms with Gasteiger partial charge >= 0.3 is 0 Å². The summed E-state index contributed by atoms with van der Waals surface area (Å²) in [7, 11) is 0. The highest BCUT2D eigenvalue weighted by Crippen LogP contribution is 2.27. The van der Waals surface area contributed by atoms with Gasteiger partial charge in [-0.3, -0.25) is 4.90 Å². The molecular formula is C14H21ClN2O. The molecule has 1 fully saturated rings. The molecule has 0 aliphatic carbocycles. The van der Waals surface area contributed by atoms with Crippen molar-refractivity contribution in [1.29, 1.82) is 0 Å². The van der Waals surface area contributed by atoms with Crippen LogP contribution < -0.4 is 5.73 Å². The van der Waals surface area contributed by atoms with Gasteiger partial charge in [-0.1, -0.05) is 18.5 Å². The number of halogens is 1. The molecule has 1 aromatic rings. The highest BCUT2D eigenvalue weighted by Gasteiger charge is 2.25. The highest BCUT2D eigenvalue weighted by molar-refractivity contribution is 6.30. The summed E-state index contributed by atoms with van der Waals surface area (Å²) in [6.07, 6.45) is 1.17. The number of phenolic OH excluding ortho intramolecular Hbond substituents is 1. The van der Waals surface area contributed by atoms with Crippen molar-refractivity contribution in [3.8, 4) is 5.75 Å². The Labute approximate surface area is 114 Å². The lowest BCUT2D eigenvalue weighted by molar-refractivity contribution is 0.125. The largest absolute Gasteiger partial charge is 0.508 e. The molecule has 0 spiro atoms. The Kier molecular flexibility index (Phi) is 4.49. The van der Waals surface area contributed by atoms with Crippen molar-refractivity contribution in [2.75, 3.05) is 19.6 Å². The van der Waals surface area contributed by atoms with Crippen LogP contribution in [0, 0.1) is 11.8 Å². The smallest absolute Gasteiger partial charge is 0.120 e. The van der Waals surface area contributed by atoms with Crippen LogP contribution in [-0.4, -0.2) is 29.6 Å². The van der Waals surface area contributed by atoms with Gasteiger partial charge in [0.2, 0.25) is 0 Å². The van der Waals surface area contributed by atoms with Crippen molar-refractivity contribution < 1.29 is 5.11 Å². The number of benzene rings is 1. The highest BCUT2D eigenvalue weighted by atomic mass is 35.5. The van der Waals surface area contributed by atoms with Crippen LogP contribution in [0.3, 0.4) is 0 Å². The molecule has 0 bridgehead atoms. The predicted octanol–water partition coefficient (Wildman–Crippen LogP) is 2.46. The van der Waals surface area contributed by atoms with Crippen molar-refractivity contribution in [3.63, 3.8) is 0 Å². The van der Waals surface area contributed by atoms with Crippen LogP contribution >= 0.6 is 11.6 Å². The summed E-state index contributed by atoms with van der Waals surface area (Å²) in [4.78, 5) is 2.35. The lowest BCUT2D eigenvalue weighted by atomic mass is 9.87. The Bertz CT molecular complexity index is 411. The quantitative estimate of drug-likeness (QED) is 0.885. The maximum atomic E-state index is 9.83. The van der Waals surface area contributed by atoms with Crippen LogP contribution in [0.15, 0.2) is 18.2 Å². The van der Waals surface area contributed by atoms with Crippen molar-refractivity contribution in [1.82, 2.24) is 4.90 Å². The molecule has 18 heavy (non-hydrogen) atoms. The molecule has 2 rings (SSSR count). The van der Waals surface area contributed by atoms with Crippen LogP contribution in [0.4, 0.5) is 0 Å². The van der Waals surface area contributed by atoms with Gasteiger partial charge in [-0.2, -0.15) is 0 Å². The monoisotopic (exact) mass is 268 g/mol. The Balaban J connectivity index is 2.03. The first kappa shape index (κ1) is 13.7.